The Morgan fingerprint density at radius 3 is 1.62 bits per heavy atom. The fourth-order valence-corrected chi connectivity index (χ4v) is 10.1. The van der Waals surface area contributed by atoms with Gasteiger partial charge in [0.05, 0.1) is 0 Å². The van der Waals surface area contributed by atoms with E-state index in [1.807, 2.05) is 18.2 Å². The maximum Gasteiger partial charge on any atom is 0.164 e. The number of rotatable bonds is 6. The van der Waals surface area contributed by atoms with Crippen molar-refractivity contribution >= 4 is 43.5 Å². The highest BCUT2D eigenvalue weighted by molar-refractivity contribution is 6.11. The van der Waals surface area contributed by atoms with Gasteiger partial charge in [-0.05, 0) is 108 Å². The van der Waals surface area contributed by atoms with Crippen molar-refractivity contribution in [3.8, 4) is 67.5 Å². The zero-order chi connectivity index (χ0) is 43.9. The molecule has 4 heteroatoms. The highest BCUT2D eigenvalue weighted by Gasteiger charge is 2.37. The molecular weight excluding hydrogens is 791 g/mol. The van der Waals surface area contributed by atoms with Crippen LogP contribution in [0.15, 0.2) is 192 Å². The summed E-state index contributed by atoms with van der Waals surface area (Å²) >= 11 is 0. The summed E-state index contributed by atoms with van der Waals surface area (Å²) in [7, 11) is 0. The standard InChI is InChI=1S/C61H47N3O/c1-60(2)32-33-61(3,4)54-37-45(30-31-53(54)60)40-18-22-43(23-19-40)51-35-47(36-52-49-16-10-11-17-55(49)65-56(51)52)59-63-57(44-27-20-39(21-28-44)38-12-6-5-7-13-38)62-58(64-59)46-29-26-42-25-24-41-14-8-9-15-48(41)50(42)34-46/h5-31,34-37H,32-33H2,1-4H3. The number of hydrogen-bond acceptors (Lipinski definition) is 4. The molecule has 0 spiro atoms. The van der Waals surface area contributed by atoms with Crippen LogP contribution in [0.5, 0.6) is 0 Å². The molecular formula is C61H47N3O. The fourth-order valence-electron chi connectivity index (χ4n) is 10.1. The second-order valence-corrected chi connectivity index (χ2v) is 19.1. The van der Waals surface area contributed by atoms with Gasteiger partial charge in [0, 0.05) is 33.0 Å². The summed E-state index contributed by atoms with van der Waals surface area (Å²) < 4.78 is 6.70. The third-order valence-electron chi connectivity index (χ3n) is 14.0. The van der Waals surface area contributed by atoms with E-state index in [1.54, 1.807) is 0 Å². The lowest BCUT2D eigenvalue weighted by atomic mass is 9.63. The Balaban J connectivity index is 1.02. The molecule has 0 aliphatic heterocycles. The molecule has 0 unspecified atom stereocenters. The van der Waals surface area contributed by atoms with Crippen molar-refractivity contribution in [3.05, 3.63) is 199 Å². The van der Waals surface area contributed by atoms with Crippen LogP contribution in [0.4, 0.5) is 0 Å². The van der Waals surface area contributed by atoms with Gasteiger partial charge in [0.1, 0.15) is 11.2 Å². The minimum Gasteiger partial charge on any atom is -0.455 e. The van der Waals surface area contributed by atoms with E-state index in [9.17, 15) is 0 Å². The number of furan rings is 1. The summed E-state index contributed by atoms with van der Waals surface area (Å²) in [5.74, 6) is 1.83. The SMILES string of the molecule is CC1(C)CCC(C)(C)c2cc(-c3ccc(-c4cc(-c5nc(-c6ccc(-c7ccccc7)cc6)nc(-c6ccc7ccc8ccccc8c7c6)n5)cc5c4oc4ccccc45)cc3)ccc21. The van der Waals surface area contributed by atoms with Crippen LogP contribution in [-0.4, -0.2) is 15.0 Å². The number of nitrogens with zero attached hydrogens (tertiary/aromatic N) is 3. The maximum absolute atomic E-state index is 6.70. The third-order valence-corrected chi connectivity index (χ3v) is 14.0. The van der Waals surface area contributed by atoms with Gasteiger partial charge >= 0.3 is 0 Å². The number of fused-ring (bicyclic) bond motifs is 7. The summed E-state index contributed by atoms with van der Waals surface area (Å²) in [6, 6.07) is 67.1. The van der Waals surface area contributed by atoms with Crippen LogP contribution in [0, 0.1) is 0 Å². The molecule has 0 bridgehead atoms. The second-order valence-electron chi connectivity index (χ2n) is 19.1. The molecule has 0 amide bonds. The Kier molecular flexibility index (Phi) is 8.96. The quantitative estimate of drug-likeness (QED) is 0.157. The van der Waals surface area contributed by atoms with Gasteiger partial charge in [0.2, 0.25) is 0 Å². The predicted molar refractivity (Wildman–Crippen MR) is 270 cm³/mol. The van der Waals surface area contributed by atoms with Crippen LogP contribution in [0.1, 0.15) is 51.7 Å². The van der Waals surface area contributed by atoms with Gasteiger partial charge in [-0.15, -0.1) is 0 Å². The van der Waals surface area contributed by atoms with Gasteiger partial charge in [0.25, 0.3) is 0 Å². The molecule has 0 radical (unpaired) electrons. The van der Waals surface area contributed by atoms with Crippen molar-refractivity contribution in [2.45, 2.75) is 51.4 Å². The van der Waals surface area contributed by atoms with Crippen molar-refractivity contribution < 1.29 is 4.42 Å². The molecule has 9 aromatic carbocycles. The van der Waals surface area contributed by atoms with Gasteiger partial charge in [-0.25, -0.2) is 15.0 Å². The third kappa shape index (κ3) is 6.80. The van der Waals surface area contributed by atoms with E-state index in [1.165, 1.54) is 51.3 Å². The van der Waals surface area contributed by atoms with E-state index < -0.39 is 0 Å². The van der Waals surface area contributed by atoms with Gasteiger partial charge in [-0.2, -0.15) is 0 Å². The average Bonchev–Trinajstić information content (AvgIpc) is 3.74. The molecule has 2 heterocycles. The summed E-state index contributed by atoms with van der Waals surface area (Å²) in [6.45, 7) is 9.55. The molecule has 65 heavy (non-hydrogen) atoms. The van der Waals surface area contributed by atoms with Crippen LogP contribution < -0.4 is 0 Å². The molecule has 4 nitrogen and oxygen atoms in total. The molecule has 0 N–H and O–H groups in total. The van der Waals surface area contributed by atoms with E-state index in [2.05, 4.69) is 198 Å². The number of benzene rings is 9. The fraction of sp³-hybridized carbons (Fsp3) is 0.131. The first-order valence-corrected chi connectivity index (χ1v) is 22.7. The zero-order valence-electron chi connectivity index (χ0n) is 37.1. The molecule has 2 aromatic heterocycles. The van der Waals surface area contributed by atoms with Gasteiger partial charge in [0.15, 0.2) is 17.5 Å². The van der Waals surface area contributed by atoms with Crippen molar-refractivity contribution in [1.29, 1.82) is 0 Å². The lowest BCUT2D eigenvalue weighted by molar-refractivity contribution is 0.332. The first-order chi connectivity index (χ1) is 31.6. The summed E-state index contributed by atoms with van der Waals surface area (Å²) in [5.41, 5.74) is 14.5. The van der Waals surface area contributed by atoms with E-state index in [4.69, 9.17) is 19.4 Å². The average molecular weight is 838 g/mol. The van der Waals surface area contributed by atoms with Gasteiger partial charge in [-0.1, -0.05) is 191 Å². The minimum absolute atomic E-state index is 0.136. The van der Waals surface area contributed by atoms with E-state index in [0.29, 0.717) is 17.5 Å². The summed E-state index contributed by atoms with van der Waals surface area (Å²) in [6.07, 6.45) is 2.38. The van der Waals surface area contributed by atoms with Crippen LogP contribution in [0.25, 0.3) is 111 Å². The highest BCUT2D eigenvalue weighted by Crippen LogP contribution is 2.47. The van der Waals surface area contributed by atoms with E-state index in [-0.39, 0.29) is 10.8 Å². The minimum atomic E-state index is 0.136. The van der Waals surface area contributed by atoms with Crippen LogP contribution in [0.3, 0.4) is 0 Å². The van der Waals surface area contributed by atoms with Gasteiger partial charge < -0.3 is 4.42 Å². The predicted octanol–water partition coefficient (Wildman–Crippen LogP) is 16.4. The normalized spacial score (nSPS) is 14.3. The van der Waals surface area contributed by atoms with Crippen LogP contribution in [0.2, 0.25) is 0 Å². The summed E-state index contributed by atoms with van der Waals surface area (Å²) in [5, 5.41) is 6.80. The Labute approximate surface area is 379 Å². The lowest BCUT2D eigenvalue weighted by Gasteiger charge is -2.42. The maximum atomic E-state index is 6.70. The molecule has 0 fully saturated rings. The molecule has 1 aliphatic rings. The van der Waals surface area contributed by atoms with E-state index >= 15 is 0 Å². The summed E-state index contributed by atoms with van der Waals surface area (Å²) in [4.78, 5) is 15.8. The second kappa shape index (κ2) is 15.0. The highest BCUT2D eigenvalue weighted by atomic mass is 16.3. The van der Waals surface area contributed by atoms with Crippen LogP contribution in [-0.2, 0) is 10.8 Å². The van der Waals surface area contributed by atoms with Crippen molar-refractivity contribution in [1.82, 2.24) is 15.0 Å². The molecule has 0 saturated heterocycles. The molecule has 312 valence electrons. The molecule has 12 rings (SSSR count). The molecule has 11 aromatic rings. The molecule has 0 saturated carbocycles. The largest absolute Gasteiger partial charge is 0.455 e. The Morgan fingerprint density at radius 2 is 0.862 bits per heavy atom. The van der Waals surface area contributed by atoms with Crippen molar-refractivity contribution in [3.63, 3.8) is 0 Å². The molecule has 1 aliphatic carbocycles. The smallest absolute Gasteiger partial charge is 0.164 e. The Bertz CT molecular complexity index is 3640. The molecule has 0 atom stereocenters. The van der Waals surface area contributed by atoms with E-state index in [0.717, 1.165) is 66.3 Å². The topological polar surface area (TPSA) is 51.8 Å². The zero-order valence-corrected chi connectivity index (χ0v) is 37.1. The number of para-hydroxylation sites is 1. The lowest BCUT2D eigenvalue weighted by Crippen LogP contribution is -2.33. The number of aromatic nitrogens is 3. The Hall–Kier alpha value is -7.69. The first-order valence-electron chi connectivity index (χ1n) is 22.7. The van der Waals surface area contributed by atoms with Crippen molar-refractivity contribution in [2.24, 2.45) is 0 Å². The first kappa shape index (κ1) is 38.9. The van der Waals surface area contributed by atoms with Crippen molar-refractivity contribution in [2.75, 3.05) is 0 Å². The van der Waals surface area contributed by atoms with Gasteiger partial charge in [-0.3, -0.25) is 0 Å². The van der Waals surface area contributed by atoms with Crippen LogP contribution >= 0.6 is 0 Å². The monoisotopic (exact) mass is 837 g/mol. The Morgan fingerprint density at radius 1 is 0.354 bits per heavy atom. The number of hydrogen-bond donors (Lipinski definition) is 0.